The van der Waals surface area contributed by atoms with E-state index in [1.807, 2.05) is 0 Å². The SMILES string of the molecule is O=[N+]([O-])c1cccnc1Oc1ccc(-c2ccc(F)cc2)c(Oc2ncccc2[N+](=O)[O-])c1. The highest BCUT2D eigenvalue weighted by molar-refractivity contribution is 5.72. The van der Waals surface area contributed by atoms with Crippen LogP contribution in [0.1, 0.15) is 0 Å². The van der Waals surface area contributed by atoms with Crippen LogP contribution >= 0.6 is 0 Å². The van der Waals surface area contributed by atoms with E-state index in [0.29, 0.717) is 11.1 Å². The van der Waals surface area contributed by atoms with Crippen LogP contribution in [0.2, 0.25) is 0 Å². The molecule has 0 N–H and O–H groups in total. The van der Waals surface area contributed by atoms with Gasteiger partial charge in [-0.2, -0.15) is 0 Å². The summed E-state index contributed by atoms with van der Waals surface area (Å²) in [4.78, 5) is 29.1. The van der Waals surface area contributed by atoms with Crippen molar-refractivity contribution in [3.8, 4) is 34.4 Å². The van der Waals surface area contributed by atoms with Gasteiger partial charge in [-0.15, -0.1) is 0 Å². The Labute approximate surface area is 185 Å². The van der Waals surface area contributed by atoms with Gasteiger partial charge in [-0.25, -0.2) is 14.4 Å². The molecule has 0 saturated heterocycles. The molecule has 11 heteroatoms. The Hall–Kier alpha value is -4.93. The zero-order chi connectivity index (χ0) is 23.4. The third-order valence-corrected chi connectivity index (χ3v) is 4.42. The van der Waals surface area contributed by atoms with E-state index in [-0.39, 0.29) is 34.6 Å². The van der Waals surface area contributed by atoms with Crippen LogP contribution in [0.4, 0.5) is 15.8 Å². The van der Waals surface area contributed by atoms with E-state index in [2.05, 4.69) is 9.97 Å². The van der Waals surface area contributed by atoms with Gasteiger partial charge in [-0.3, -0.25) is 20.2 Å². The molecule has 164 valence electrons. The number of ether oxygens (including phenoxy) is 2. The van der Waals surface area contributed by atoms with E-state index in [0.717, 1.165) is 0 Å². The largest absolute Gasteiger partial charge is 0.434 e. The van der Waals surface area contributed by atoms with Crippen molar-refractivity contribution in [3.05, 3.63) is 105 Å². The van der Waals surface area contributed by atoms with E-state index >= 15 is 0 Å². The monoisotopic (exact) mass is 448 g/mol. The predicted molar refractivity (Wildman–Crippen MR) is 114 cm³/mol. The Bertz CT molecular complexity index is 1350. The first-order valence-electron chi connectivity index (χ1n) is 9.37. The molecule has 0 bridgehead atoms. The van der Waals surface area contributed by atoms with E-state index < -0.39 is 15.7 Å². The molecule has 0 unspecified atom stereocenters. The van der Waals surface area contributed by atoms with Gasteiger partial charge in [0, 0.05) is 36.2 Å². The number of aromatic nitrogens is 2. The summed E-state index contributed by atoms with van der Waals surface area (Å²) in [6.45, 7) is 0. The minimum Gasteiger partial charge on any atom is -0.434 e. The molecule has 0 aliphatic carbocycles. The van der Waals surface area contributed by atoms with Gasteiger partial charge in [-0.1, -0.05) is 12.1 Å². The van der Waals surface area contributed by atoms with Crippen molar-refractivity contribution in [3.63, 3.8) is 0 Å². The number of pyridine rings is 2. The summed E-state index contributed by atoms with van der Waals surface area (Å²) < 4.78 is 24.8. The fraction of sp³-hybridized carbons (Fsp3) is 0. The Morgan fingerprint density at radius 3 is 1.91 bits per heavy atom. The number of hydrogen-bond acceptors (Lipinski definition) is 8. The maximum absolute atomic E-state index is 13.4. The van der Waals surface area contributed by atoms with Crippen molar-refractivity contribution in [2.45, 2.75) is 0 Å². The zero-order valence-corrected chi connectivity index (χ0v) is 16.6. The molecular formula is C22H13FN4O6. The Morgan fingerprint density at radius 2 is 1.33 bits per heavy atom. The molecule has 4 aromatic rings. The van der Waals surface area contributed by atoms with E-state index in [1.165, 1.54) is 73.1 Å². The number of hydrogen-bond donors (Lipinski definition) is 0. The Morgan fingerprint density at radius 1 is 0.758 bits per heavy atom. The van der Waals surface area contributed by atoms with Crippen molar-refractivity contribution < 1.29 is 23.7 Å². The van der Waals surface area contributed by atoms with Crippen LogP contribution in [0.3, 0.4) is 0 Å². The molecule has 0 amide bonds. The van der Waals surface area contributed by atoms with Gasteiger partial charge in [0.05, 0.1) is 9.85 Å². The van der Waals surface area contributed by atoms with Gasteiger partial charge in [0.25, 0.3) is 11.8 Å². The van der Waals surface area contributed by atoms with Gasteiger partial charge in [-0.05, 0) is 42.0 Å². The highest BCUT2D eigenvalue weighted by Gasteiger charge is 2.21. The Balaban J connectivity index is 1.79. The van der Waals surface area contributed by atoms with Crippen LogP contribution in [-0.2, 0) is 0 Å². The average molecular weight is 448 g/mol. The second-order valence-corrected chi connectivity index (χ2v) is 6.54. The Kier molecular flexibility index (Phi) is 5.85. The maximum Gasteiger partial charge on any atom is 0.331 e. The summed E-state index contributed by atoms with van der Waals surface area (Å²) in [5.41, 5.74) is 0.301. The summed E-state index contributed by atoms with van der Waals surface area (Å²) in [6.07, 6.45) is 2.67. The fourth-order valence-electron chi connectivity index (χ4n) is 2.93. The van der Waals surface area contributed by atoms with Crippen LogP contribution in [0.5, 0.6) is 23.3 Å². The van der Waals surface area contributed by atoms with E-state index in [1.54, 1.807) is 6.07 Å². The van der Waals surface area contributed by atoms with Crippen molar-refractivity contribution in [2.24, 2.45) is 0 Å². The highest BCUT2D eigenvalue weighted by Crippen LogP contribution is 2.39. The quantitative estimate of drug-likeness (QED) is 0.260. The van der Waals surface area contributed by atoms with Crippen LogP contribution in [0, 0.1) is 26.0 Å². The van der Waals surface area contributed by atoms with Crippen LogP contribution < -0.4 is 9.47 Å². The molecule has 2 heterocycles. The molecule has 0 spiro atoms. The second-order valence-electron chi connectivity index (χ2n) is 6.54. The third-order valence-electron chi connectivity index (χ3n) is 4.42. The molecule has 0 aliphatic heterocycles. The molecule has 0 fully saturated rings. The molecule has 2 aromatic carbocycles. The van der Waals surface area contributed by atoms with Crippen LogP contribution in [0.25, 0.3) is 11.1 Å². The predicted octanol–water partition coefficient (Wildman–Crippen LogP) is 5.68. The molecule has 0 saturated carbocycles. The first-order valence-corrected chi connectivity index (χ1v) is 9.37. The number of nitrogens with zero attached hydrogens (tertiary/aromatic N) is 4. The van der Waals surface area contributed by atoms with Crippen molar-refractivity contribution in [1.29, 1.82) is 0 Å². The summed E-state index contributed by atoms with van der Waals surface area (Å²) in [5, 5.41) is 22.6. The molecule has 10 nitrogen and oxygen atoms in total. The van der Waals surface area contributed by atoms with Crippen molar-refractivity contribution in [2.75, 3.05) is 0 Å². The lowest BCUT2D eigenvalue weighted by molar-refractivity contribution is -0.386. The summed E-state index contributed by atoms with van der Waals surface area (Å²) in [7, 11) is 0. The first kappa shape index (κ1) is 21.3. The van der Waals surface area contributed by atoms with Gasteiger partial charge in [0.2, 0.25) is 0 Å². The van der Waals surface area contributed by atoms with Gasteiger partial charge in [0.15, 0.2) is 0 Å². The van der Waals surface area contributed by atoms with E-state index in [4.69, 9.17) is 9.47 Å². The molecule has 0 atom stereocenters. The standard InChI is InChI=1S/C22H13FN4O6/c23-15-7-5-14(6-8-15)17-10-9-16(32-21-18(26(28)29)3-1-11-24-21)13-20(17)33-22-19(27(30)31)4-2-12-25-22/h1-13H. The third kappa shape index (κ3) is 4.71. The molecule has 0 aliphatic rings. The number of benzene rings is 2. The van der Waals surface area contributed by atoms with Crippen molar-refractivity contribution >= 4 is 11.4 Å². The lowest BCUT2D eigenvalue weighted by Crippen LogP contribution is -1.98. The maximum atomic E-state index is 13.4. The summed E-state index contributed by atoms with van der Waals surface area (Å²) >= 11 is 0. The molecule has 2 aromatic heterocycles. The molecule has 4 rings (SSSR count). The average Bonchev–Trinajstić information content (AvgIpc) is 2.80. The second kappa shape index (κ2) is 9.06. The van der Waals surface area contributed by atoms with Crippen LogP contribution in [0.15, 0.2) is 79.1 Å². The number of halogens is 1. The zero-order valence-electron chi connectivity index (χ0n) is 16.6. The van der Waals surface area contributed by atoms with Gasteiger partial charge >= 0.3 is 11.4 Å². The summed E-state index contributed by atoms with van der Waals surface area (Å²) in [5.74, 6) is -0.738. The molecule has 33 heavy (non-hydrogen) atoms. The topological polar surface area (TPSA) is 131 Å². The van der Waals surface area contributed by atoms with Gasteiger partial charge < -0.3 is 9.47 Å². The van der Waals surface area contributed by atoms with Gasteiger partial charge in [0.1, 0.15) is 17.3 Å². The number of nitro groups is 2. The lowest BCUT2D eigenvalue weighted by atomic mass is 10.0. The smallest absolute Gasteiger partial charge is 0.331 e. The fourth-order valence-corrected chi connectivity index (χ4v) is 2.93. The normalized spacial score (nSPS) is 10.5. The van der Waals surface area contributed by atoms with E-state index in [9.17, 15) is 24.6 Å². The minimum atomic E-state index is -0.641. The highest BCUT2D eigenvalue weighted by atomic mass is 19.1. The number of rotatable bonds is 7. The summed E-state index contributed by atoms with van der Waals surface area (Å²) in [6, 6.07) is 15.3. The first-order chi connectivity index (χ1) is 15.9. The lowest BCUT2D eigenvalue weighted by Gasteiger charge is -2.13. The molecular weight excluding hydrogens is 435 g/mol. The molecule has 0 radical (unpaired) electrons. The minimum absolute atomic E-state index is 0.0968. The van der Waals surface area contributed by atoms with Crippen molar-refractivity contribution in [1.82, 2.24) is 9.97 Å². The van der Waals surface area contributed by atoms with Crippen LogP contribution in [-0.4, -0.2) is 19.8 Å².